The van der Waals surface area contributed by atoms with Gasteiger partial charge in [-0.2, -0.15) is 0 Å². The van der Waals surface area contributed by atoms with Crippen LogP contribution in [0.25, 0.3) is 20.5 Å². The van der Waals surface area contributed by atoms with E-state index in [0.29, 0.717) is 0 Å². The molecule has 0 spiro atoms. The van der Waals surface area contributed by atoms with Gasteiger partial charge >= 0.3 is 0 Å². The maximum atomic E-state index is 5.31. The number of hydrogen-bond donors (Lipinski definition) is 0. The molecule has 2 nitrogen and oxygen atoms in total. The first-order valence-electron chi connectivity index (χ1n) is 6.44. The molecular formula is C17H16O2S. The van der Waals surface area contributed by atoms with Gasteiger partial charge in [0.25, 0.3) is 0 Å². The summed E-state index contributed by atoms with van der Waals surface area (Å²) in [5, 5.41) is 1.26. The van der Waals surface area contributed by atoms with E-state index < -0.39 is 0 Å². The van der Waals surface area contributed by atoms with E-state index in [2.05, 4.69) is 31.2 Å². The zero-order chi connectivity index (χ0) is 14.1. The molecule has 0 atom stereocenters. The number of fused-ring (bicyclic) bond motifs is 1. The average molecular weight is 284 g/mol. The monoisotopic (exact) mass is 284 g/mol. The normalized spacial score (nSPS) is 10.8. The molecule has 0 aliphatic rings. The van der Waals surface area contributed by atoms with E-state index in [1.165, 1.54) is 26.1 Å². The summed E-state index contributed by atoms with van der Waals surface area (Å²) in [6.45, 7) is 2.16. The summed E-state index contributed by atoms with van der Waals surface area (Å²) < 4.78 is 11.8. The van der Waals surface area contributed by atoms with Crippen molar-refractivity contribution >= 4 is 21.4 Å². The Labute approximate surface area is 122 Å². The molecule has 0 amide bonds. The van der Waals surface area contributed by atoms with Crippen LogP contribution in [0.2, 0.25) is 0 Å². The molecule has 3 heteroatoms. The Morgan fingerprint density at radius 2 is 1.50 bits per heavy atom. The Hall–Kier alpha value is -2.00. The molecule has 0 radical (unpaired) electrons. The van der Waals surface area contributed by atoms with Crippen LogP contribution in [-0.2, 0) is 0 Å². The molecule has 1 aromatic heterocycles. The van der Waals surface area contributed by atoms with E-state index in [-0.39, 0.29) is 0 Å². The summed E-state index contributed by atoms with van der Waals surface area (Å²) in [4.78, 5) is 1.30. The molecule has 0 unspecified atom stereocenters. The third kappa shape index (κ3) is 2.14. The Balaban J connectivity index is 2.13. The van der Waals surface area contributed by atoms with Crippen molar-refractivity contribution < 1.29 is 9.47 Å². The van der Waals surface area contributed by atoms with Gasteiger partial charge in [0.2, 0.25) is 0 Å². The molecule has 2 aromatic carbocycles. The number of ether oxygens (including phenoxy) is 2. The van der Waals surface area contributed by atoms with E-state index in [1.54, 1.807) is 14.2 Å². The van der Waals surface area contributed by atoms with Gasteiger partial charge in [0, 0.05) is 9.58 Å². The second kappa shape index (κ2) is 5.17. The standard InChI is InChI=1S/C17H16O2S/c1-11-15-10-14(19-3)8-9-16(15)20-17(11)12-4-6-13(18-2)7-5-12/h4-10H,1-3H3. The van der Waals surface area contributed by atoms with Crippen molar-refractivity contribution in [1.82, 2.24) is 0 Å². The molecule has 0 saturated carbocycles. The lowest BCUT2D eigenvalue weighted by atomic mass is 10.1. The van der Waals surface area contributed by atoms with E-state index in [1.807, 2.05) is 29.5 Å². The molecule has 0 fully saturated rings. The smallest absolute Gasteiger partial charge is 0.119 e. The van der Waals surface area contributed by atoms with Crippen molar-refractivity contribution in [2.45, 2.75) is 6.92 Å². The van der Waals surface area contributed by atoms with Gasteiger partial charge in [-0.1, -0.05) is 0 Å². The molecule has 1 heterocycles. The molecule has 3 rings (SSSR count). The first kappa shape index (κ1) is 13.0. The zero-order valence-electron chi connectivity index (χ0n) is 11.8. The van der Waals surface area contributed by atoms with E-state index in [0.717, 1.165) is 11.5 Å². The minimum absolute atomic E-state index is 0.884. The third-order valence-corrected chi connectivity index (χ3v) is 4.82. The van der Waals surface area contributed by atoms with E-state index in [4.69, 9.17) is 9.47 Å². The van der Waals surface area contributed by atoms with Gasteiger partial charge in [-0.15, -0.1) is 11.3 Å². The minimum atomic E-state index is 0.884. The van der Waals surface area contributed by atoms with Crippen LogP contribution < -0.4 is 9.47 Å². The van der Waals surface area contributed by atoms with Gasteiger partial charge < -0.3 is 9.47 Å². The minimum Gasteiger partial charge on any atom is -0.497 e. The summed E-state index contributed by atoms with van der Waals surface area (Å²) in [7, 11) is 3.39. The van der Waals surface area contributed by atoms with Crippen LogP contribution in [0.15, 0.2) is 42.5 Å². The third-order valence-electron chi connectivity index (χ3n) is 3.50. The van der Waals surface area contributed by atoms with Crippen LogP contribution in [-0.4, -0.2) is 14.2 Å². The molecule has 0 aliphatic heterocycles. The van der Waals surface area contributed by atoms with Gasteiger partial charge in [0.15, 0.2) is 0 Å². The highest BCUT2D eigenvalue weighted by molar-refractivity contribution is 7.22. The molecule has 0 bridgehead atoms. The predicted octanol–water partition coefficient (Wildman–Crippen LogP) is 4.89. The van der Waals surface area contributed by atoms with Crippen LogP contribution in [0, 0.1) is 6.92 Å². The highest BCUT2D eigenvalue weighted by atomic mass is 32.1. The fraction of sp³-hybridized carbons (Fsp3) is 0.176. The summed E-state index contributed by atoms with van der Waals surface area (Å²) >= 11 is 1.81. The Bertz CT molecular complexity index is 742. The van der Waals surface area contributed by atoms with Crippen molar-refractivity contribution in [2.75, 3.05) is 14.2 Å². The van der Waals surface area contributed by atoms with Crippen molar-refractivity contribution in [2.24, 2.45) is 0 Å². The molecule has 0 aliphatic carbocycles. The van der Waals surface area contributed by atoms with Gasteiger partial charge in [-0.25, -0.2) is 0 Å². The fourth-order valence-corrected chi connectivity index (χ4v) is 3.54. The van der Waals surface area contributed by atoms with E-state index in [9.17, 15) is 0 Å². The van der Waals surface area contributed by atoms with Crippen molar-refractivity contribution in [1.29, 1.82) is 0 Å². The Morgan fingerprint density at radius 3 is 2.15 bits per heavy atom. The van der Waals surface area contributed by atoms with E-state index >= 15 is 0 Å². The van der Waals surface area contributed by atoms with Crippen LogP contribution in [0.1, 0.15) is 5.56 Å². The molecule has 0 saturated heterocycles. The van der Waals surface area contributed by atoms with Gasteiger partial charge in [-0.05, 0) is 65.9 Å². The quantitative estimate of drug-likeness (QED) is 0.681. The number of hydrogen-bond acceptors (Lipinski definition) is 3. The first-order chi connectivity index (χ1) is 9.72. The lowest BCUT2D eigenvalue weighted by Crippen LogP contribution is -1.83. The topological polar surface area (TPSA) is 18.5 Å². The van der Waals surface area contributed by atoms with Crippen molar-refractivity contribution in [3.63, 3.8) is 0 Å². The molecule has 102 valence electrons. The Morgan fingerprint density at radius 1 is 0.850 bits per heavy atom. The average Bonchev–Trinajstić information content (AvgIpc) is 2.84. The fourth-order valence-electron chi connectivity index (χ4n) is 2.34. The largest absolute Gasteiger partial charge is 0.497 e. The summed E-state index contributed by atoms with van der Waals surface area (Å²) in [6, 6.07) is 14.4. The summed E-state index contributed by atoms with van der Waals surface area (Å²) in [5.74, 6) is 1.79. The maximum Gasteiger partial charge on any atom is 0.119 e. The SMILES string of the molecule is COc1ccc(-c2sc3ccc(OC)cc3c2C)cc1. The van der Waals surface area contributed by atoms with Crippen LogP contribution >= 0.6 is 11.3 Å². The second-order valence-electron chi connectivity index (χ2n) is 4.65. The van der Waals surface area contributed by atoms with Crippen molar-refractivity contribution in [3.05, 3.63) is 48.0 Å². The highest BCUT2D eigenvalue weighted by Gasteiger charge is 2.11. The van der Waals surface area contributed by atoms with Gasteiger partial charge in [0.05, 0.1) is 14.2 Å². The molecular weight excluding hydrogens is 268 g/mol. The van der Waals surface area contributed by atoms with Crippen LogP contribution in [0.5, 0.6) is 11.5 Å². The zero-order valence-corrected chi connectivity index (χ0v) is 12.6. The molecule has 20 heavy (non-hydrogen) atoms. The van der Waals surface area contributed by atoms with Crippen LogP contribution in [0.3, 0.4) is 0 Å². The molecule has 3 aromatic rings. The highest BCUT2D eigenvalue weighted by Crippen LogP contribution is 2.39. The number of thiophene rings is 1. The Kier molecular flexibility index (Phi) is 3.36. The summed E-state index contributed by atoms with van der Waals surface area (Å²) in [6.07, 6.45) is 0. The maximum absolute atomic E-state index is 5.31. The summed E-state index contributed by atoms with van der Waals surface area (Å²) in [5.41, 5.74) is 2.53. The van der Waals surface area contributed by atoms with Gasteiger partial charge in [0.1, 0.15) is 11.5 Å². The number of rotatable bonds is 3. The number of benzene rings is 2. The number of methoxy groups -OCH3 is 2. The van der Waals surface area contributed by atoms with Crippen molar-refractivity contribution in [3.8, 4) is 21.9 Å². The molecule has 0 N–H and O–H groups in total. The predicted molar refractivity (Wildman–Crippen MR) is 85.1 cm³/mol. The van der Waals surface area contributed by atoms with Gasteiger partial charge in [-0.3, -0.25) is 0 Å². The lowest BCUT2D eigenvalue weighted by Gasteiger charge is -2.03. The first-order valence-corrected chi connectivity index (χ1v) is 7.26. The lowest BCUT2D eigenvalue weighted by molar-refractivity contribution is 0.415. The van der Waals surface area contributed by atoms with Crippen LogP contribution in [0.4, 0.5) is 0 Å². The second-order valence-corrected chi connectivity index (χ2v) is 5.70. The number of aryl methyl sites for hydroxylation is 1.